The molecule has 1 N–H and O–H groups in total. The van der Waals surface area contributed by atoms with Crippen molar-refractivity contribution in [1.82, 2.24) is 4.98 Å². The number of carbonyl (C=O) groups is 1. The first kappa shape index (κ1) is 13.0. The lowest BCUT2D eigenvalue weighted by Gasteiger charge is -2.03. The average Bonchev–Trinajstić information content (AvgIpc) is 2.73. The number of hydrogen-bond acceptors (Lipinski definition) is 5. The first-order chi connectivity index (χ1) is 8.63. The quantitative estimate of drug-likeness (QED) is 0.910. The van der Waals surface area contributed by atoms with Gasteiger partial charge < -0.3 is 15.2 Å². The Morgan fingerprint density at radius 3 is 3.06 bits per heavy atom. The maximum atomic E-state index is 10.4. The van der Waals surface area contributed by atoms with E-state index in [4.69, 9.17) is 0 Å². The van der Waals surface area contributed by atoms with Crippen LogP contribution in [-0.2, 0) is 17.8 Å². The molecule has 0 aliphatic carbocycles. The van der Waals surface area contributed by atoms with E-state index in [1.54, 1.807) is 5.38 Å². The molecule has 2 rings (SSSR count). The SMILES string of the molecule is O=C([O-])Cc1csc(NCc2cccc(Br)c2)n1. The molecule has 6 heteroatoms. The van der Waals surface area contributed by atoms with Gasteiger partial charge in [0.15, 0.2) is 5.13 Å². The van der Waals surface area contributed by atoms with Crippen molar-refractivity contribution in [3.63, 3.8) is 0 Å². The number of nitrogens with one attached hydrogen (secondary N) is 1. The Morgan fingerprint density at radius 2 is 2.33 bits per heavy atom. The maximum absolute atomic E-state index is 10.4. The highest BCUT2D eigenvalue weighted by Crippen LogP contribution is 2.18. The lowest BCUT2D eigenvalue weighted by molar-refractivity contribution is -0.304. The molecule has 18 heavy (non-hydrogen) atoms. The predicted octanol–water partition coefficient (Wildman–Crippen LogP) is 1.81. The molecule has 0 aliphatic rings. The van der Waals surface area contributed by atoms with Gasteiger partial charge in [0.25, 0.3) is 0 Å². The standard InChI is InChI=1S/C12H11BrN2O2S/c13-9-3-1-2-8(4-9)6-14-12-15-10(7-18-12)5-11(16)17/h1-4,7H,5-6H2,(H,14,15)(H,16,17)/p-1. The molecular formula is C12H10BrN2O2S-. The fourth-order valence-corrected chi connectivity index (χ4v) is 2.60. The first-order valence-electron chi connectivity index (χ1n) is 5.26. The van der Waals surface area contributed by atoms with E-state index in [0.29, 0.717) is 17.4 Å². The van der Waals surface area contributed by atoms with Gasteiger partial charge in [-0.1, -0.05) is 28.1 Å². The van der Waals surface area contributed by atoms with Crippen LogP contribution < -0.4 is 10.4 Å². The van der Waals surface area contributed by atoms with Crippen molar-refractivity contribution in [1.29, 1.82) is 0 Å². The van der Waals surface area contributed by atoms with Crippen molar-refractivity contribution in [3.8, 4) is 0 Å². The zero-order valence-corrected chi connectivity index (χ0v) is 11.8. The Balaban J connectivity index is 1.94. The fourth-order valence-electron chi connectivity index (χ4n) is 1.44. The van der Waals surface area contributed by atoms with Gasteiger partial charge in [-0.3, -0.25) is 0 Å². The molecule has 4 nitrogen and oxygen atoms in total. The average molecular weight is 326 g/mol. The summed E-state index contributed by atoms with van der Waals surface area (Å²) in [6.45, 7) is 0.651. The van der Waals surface area contributed by atoms with Gasteiger partial charge in [-0.25, -0.2) is 4.98 Å². The molecule has 0 saturated carbocycles. The van der Waals surface area contributed by atoms with E-state index in [2.05, 4.69) is 26.2 Å². The van der Waals surface area contributed by atoms with Gasteiger partial charge in [0.05, 0.1) is 5.69 Å². The van der Waals surface area contributed by atoms with Gasteiger partial charge >= 0.3 is 0 Å². The summed E-state index contributed by atoms with van der Waals surface area (Å²) in [4.78, 5) is 14.6. The molecular weight excluding hydrogens is 316 g/mol. The molecule has 0 bridgehead atoms. The third kappa shape index (κ3) is 3.82. The van der Waals surface area contributed by atoms with Gasteiger partial charge in [-0.05, 0) is 17.7 Å². The number of nitrogens with zero attached hydrogens (tertiary/aromatic N) is 1. The minimum atomic E-state index is -1.11. The number of carboxylic acid groups (broad SMARTS) is 1. The highest BCUT2D eigenvalue weighted by atomic mass is 79.9. The zero-order chi connectivity index (χ0) is 13.0. The Morgan fingerprint density at radius 1 is 1.50 bits per heavy atom. The van der Waals surface area contributed by atoms with Crippen molar-refractivity contribution in [2.24, 2.45) is 0 Å². The van der Waals surface area contributed by atoms with Gasteiger partial charge in [-0.2, -0.15) is 0 Å². The highest BCUT2D eigenvalue weighted by molar-refractivity contribution is 9.10. The summed E-state index contributed by atoms with van der Waals surface area (Å²) in [5, 5.41) is 16.0. The number of hydrogen-bond donors (Lipinski definition) is 1. The second-order valence-electron chi connectivity index (χ2n) is 3.68. The molecule has 0 unspecified atom stereocenters. The molecule has 2 aromatic rings. The number of benzene rings is 1. The Hall–Kier alpha value is -1.40. The van der Waals surface area contributed by atoms with Crippen LogP contribution in [0.5, 0.6) is 0 Å². The third-order valence-electron chi connectivity index (χ3n) is 2.21. The summed E-state index contributed by atoms with van der Waals surface area (Å²) in [5.74, 6) is -1.11. The van der Waals surface area contributed by atoms with E-state index in [0.717, 1.165) is 10.0 Å². The van der Waals surface area contributed by atoms with Crippen LogP contribution >= 0.6 is 27.3 Å². The number of aromatic nitrogens is 1. The lowest BCUT2D eigenvalue weighted by atomic mass is 10.2. The summed E-state index contributed by atoms with van der Waals surface area (Å²) in [7, 11) is 0. The smallest absolute Gasteiger partial charge is 0.183 e. The minimum Gasteiger partial charge on any atom is -0.550 e. The summed E-state index contributed by atoms with van der Waals surface area (Å²) >= 11 is 4.80. The van der Waals surface area contributed by atoms with Gasteiger partial charge in [0.1, 0.15) is 0 Å². The van der Waals surface area contributed by atoms with E-state index in [1.807, 2.05) is 24.3 Å². The van der Waals surface area contributed by atoms with Crippen molar-refractivity contribution < 1.29 is 9.90 Å². The number of rotatable bonds is 5. The summed E-state index contributed by atoms with van der Waals surface area (Å²) in [6, 6.07) is 7.95. The molecule has 0 atom stereocenters. The maximum Gasteiger partial charge on any atom is 0.183 e. The molecule has 0 spiro atoms. The number of halogens is 1. The van der Waals surface area contributed by atoms with Crippen LogP contribution in [0.4, 0.5) is 5.13 Å². The van der Waals surface area contributed by atoms with Crippen molar-refractivity contribution in [2.75, 3.05) is 5.32 Å². The normalized spacial score (nSPS) is 10.3. The van der Waals surface area contributed by atoms with E-state index >= 15 is 0 Å². The molecule has 1 aromatic carbocycles. The van der Waals surface area contributed by atoms with Crippen molar-refractivity contribution in [2.45, 2.75) is 13.0 Å². The minimum absolute atomic E-state index is 0.144. The number of anilines is 1. The third-order valence-corrected chi connectivity index (χ3v) is 3.55. The van der Waals surface area contributed by atoms with Crippen LogP contribution in [0.3, 0.4) is 0 Å². The fraction of sp³-hybridized carbons (Fsp3) is 0.167. The van der Waals surface area contributed by atoms with Crippen LogP contribution in [0.15, 0.2) is 34.1 Å². The van der Waals surface area contributed by atoms with Gasteiger partial charge in [0, 0.05) is 28.8 Å². The van der Waals surface area contributed by atoms with Gasteiger partial charge in [0.2, 0.25) is 0 Å². The number of carboxylic acids is 1. The van der Waals surface area contributed by atoms with Crippen molar-refractivity contribution in [3.05, 3.63) is 45.4 Å². The topological polar surface area (TPSA) is 65.0 Å². The molecule has 0 radical (unpaired) electrons. The molecule has 0 amide bonds. The molecule has 1 heterocycles. The summed E-state index contributed by atoms with van der Waals surface area (Å²) in [5.41, 5.74) is 1.65. The largest absolute Gasteiger partial charge is 0.550 e. The first-order valence-corrected chi connectivity index (χ1v) is 6.93. The van der Waals surface area contributed by atoms with Crippen LogP contribution in [0, 0.1) is 0 Å². The molecule has 0 saturated heterocycles. The second kappa shape index (κ2) is 5.97. The molecule has 0 aliphatic heterocycles. The van der Waals surface area contributed by atoms with Crippen LogP contribution in [0.1, 0.15) is 11.3 Å². The summed E-state index contributed by atoms with van der Waals surface area (Å²) in [6.07, 6.45) is -0.144. The highest BCUT2D eigenvalue weighted by Gasteiger charge is 2.02. The molecule has 94 valence electrons. The summed E-state index contributed by atoms with van der Waals surface area (Å²) < 4.78 is 1.03. The number of thiazole rings is 1. The van der Waals surface area contributed by atoms with E-state index in [-0.39, 0.29) is 6.42 Å². The van der Waals surface area contributed by atoms with Crippen LogP contribution in [-0.4, -0.2) is 11.0 Å². The van der Waals surface area contributed by atoms with Crippen LogP contribution in [0.2, 0.25) is 0 Å². The Bertz CT molecular complexity index is 557. The predicted molar refractivity (Wildman–Crippen MR) is 72.3 cm³/mol. The molecule has 0 fully saturated rings. The Labute approximate surface area is 117 Å². The molecule has 1 aromatic heterocycles. The zero-order valence-electron chi connectivity index (χ0n) is 9.35. The monoisotopic (exact) mass is 325 g/mol. The van der Waals surface area contributed by atoms with E-state index in [1.165, 1.54) is 11.3 Å². The second-order valence-corrected chi connectivity index (χ2v) is 5.45. The Kier molecular flexibility index (Phi) is 4.33. The number of carbonyl (C=O) groups excluding carboxylic acids is 1. The van der Waals surface area contributed by atoms with E-state index < -0.39 is 5.97 Å². The number of aliphatic carboxylic acids is 1. The van der Waals surface area contributed by atoms with Crippen LogP contribution in [0.25, 0.3) is 0 Å². The van der Waals surface area contributed by atoms with Crippen molar-refractivity contribution >= 4 is 38.4 Å². The van der Waals surface area contributed by atoms with E-state index in [9.17, 15) is 9.90 Å². The lowest BCUT2D eigenvalue weighted by Crippen LogP contribution is -2.24. The van der Waals surface area contributed by atoms with Gasteiger partial charge in [-0.15, -0.1) is 11.3 Å².